The molecular weight excluding hydrogens is 490 g/mol. The molecule has 0 spiro atoms. The Morgan fingerprint density at radius 2 is 1.54 bits per heavy atom. The Morgan fingerprint density at radius 3 is 2.05 bits per heavy atom. The van der Waals surface area contributed by atoms with Crippen LogP contribution < -0.4 is 0 Å². The molecule has 0 aromatic heterocycles. The van der Waals surface area contributed by atoms with Crippen molar-refractivity contribution in [2.45, 2.75) is 131 Å². The summed E-state index contributed by atoms with van der Waals surface area (Å²) in [5.74, 6) is 0. The van der Waals surface area contributed by atoms with Crippen molar-refractivity contribution in [3.05, 3.63) is 48.6 Å². The van der Waals surface area contributed by atoms with Crippen molar-refractivity contribution in [3.8, 4) is 0 Å². The molecule has 1 aliphatic carbocycles. The minimum atomic E-state index is -0.507. The third-order valence-electron chi connectivity index (χ3n) is 7.01. The van der Waals surface area contributed by atoms with E-state index in [4.69, 9.17) is 19.0 Å². The van der Waals surface area contributed by atoms with E-state index in [1.165, 1.54) is 5.56 Å². The molecule has 1 aliphatic heterocycles. The van der Waals surface area contributed by atoms with Gasteiger partial charge in [-0.05, 0) is 76.7 Å². The lowest BCUT2D eigenvalue weighted by atomic mass is 9.72. The van der Waals surface area contributed by atoms with Crippen LogP contribution in [-0.4, -0.2) is 54.8 Å². The topological polar surface area (TPSA) is 65.1 Å². The molecular formula is C33H57NO5. The molecule has 2 fully saturated rings. The van der Waals surface area contributed by atoms with Crippen molar-refractivity contribution in [2.75, 3.05) is 13.2 Å². The fourth-order valence-electron chi connectivity index (χ4n) is 5.13. The van der Waals surface area contributed by atoms with Crippen molar-refractivity contribution in [2.24, 2.45) is 5.41 Å². The van der Waals surface area contributed by atoms with Gasteiger partial charge in [0.05, 0.1) is 31.5 Å². The fourth-order valence-corrected chi connectivity index (χ4v) is 5.13. The van der Waals surface area contributed by atoms with Crippen molar-refractivity contribution < 1.29 is 23.8 Å². The summed E-state index contributed by atoms with van der Waals surface area (Å²) in [7, 11) is 0. The van der Waals surface area contributed by atoms with Gasteiger partial charge in [-0.2, -0.15) is 0 Å². The molecule has 3 rings (SSSR count). The third-order valence-corrected chi connectivity index (χ3v) is 7.01. The van der Waals surface area contributed by atoms with Gasteiger partial charge >= 0.3 is 6.09 Å². The lowest BCUT2D eigenvalue weighted by Crippen LogP contribution is -2.56. The lowest BCUT2D eigenvalue weighted by Gasteiger charge is -2.48. The van der Waals surface area contributed by atoms with E-state index in [2.05, 4.69) is 37.8 Å². The number of nitrogens with zero attached hydrogens (tertiary/aromatic N) is 1. The minimum Gasteiger partial charge on any atom is -0.444 e. The number of hydrogen-bond acceptors (Lipinski definition) is 5. The Hall–Kier alpha value is -2.18. The van der Waals surface area contributed by atoms with Gasteiger partial charge in [0.1, 0.15) is 12.4 Å². The number of piperidine rings is 1. The zero-order valence-electron chi connectivity index (χ0n) is 26.2. The van der Waals surface area contributed by atoms with E-state index in [1.807, 2.05) is 72.3 Å². The van der Waals surface area contributed by atoms with Gasteiger partial charge < -0.3 is 23.9 Å². The highest BCUT2D eigenvalue weighted by atomic mass is 16.6. The van der Waals surface area contributed by atoms with E-state index in [0.29, 0.717) is 19.3 Å². The Kier molecular flexibility index (Phi) is 18.7. The highest BCUT2D eigenvalue weighted by Gasteiger charge is 2.44. The highest BCUT2D eigenvalue weighted by Crippen LogP contribution is 2.40. The first-order valence-electron chi connectivity index (χ1n) is 14.9. The molecule has 224 valence electrons. The van der Waals surface area contributed by atoms with E-state index in [1.54, 1.807) is 0 Å². The maximum Gasteiger partial charge on any atom is 0.410 e. The molecule has 2 unspecified atom stereocenters. The standard InChI is InChI=1S/C28H43NO4.2C2H6.CH2O/c1-6-17-28(5)18-10-19-29(26(30)33-27(2,3)4)25(28)21-32-24-15-13-23(14-16-24)31-20-22-11-8-7-9-12-22;3*1-2/h6-9,11-12,23-25H,1,10,13-21H2,2-5H3;2*1-2H3;1H2. The summed E-state index contributed by atoms with van der Waals surface area (Å²) in [5.41, 5.74) is 0.664. The molecule has 1 aromatic carbocycles. The number of likely N-dealkylation sites (tertiary alicyclic amines) is 1. The Balaban J connectivity index is 0.00000225. The second kappa shape index (κ2) is 19.8. The van der Waals surface area contributed by atoms with E-state index in [9.17, 15) is 4.79 Å². The molecule has 1 amide bonds. The molecule has 0 radical (unpaired) electrons. The predicted molar refractivity (Wildman–Crippen MR) is 162 cm³/mol. The molecule has 0 N–H and O–H groups in total. The van der Waals surface area contributed by atoms with Crippen LogP contribution in [0.2, 0.25) is 0 Å². The number of carbonyl (C=O) groups is 2. The molecule has 2 atom stereocenters. The van der Waals surface area contributed by atoms with Crippen LogP contribution in [0, 0.1) is 5.41 Å². The van der Waals surface area contributed by atoms with Gasteiger partial charge in [-0.15, -0.1) is 6.58 Å². The van der Waals surface area contributed by atoms with Crippen molar-refractivity contribution in [1.82, 2.24) is 4.90 Å². The van der Waals surface area contributed by atoms with Gasteiger partial charge in [0.2, 0.25) is 0 Å². The predicted octanol–water partition coefficient (Wildman–Crippen LogP) is 8.38. The number of benzene rings is 1. The van der Waals surface area contributed by atoms with Gasteiger partial charge in [-0.1, -0.05) is 71.0 Å². The molecule has 1 saturated heterocycles. The lowest BCUT2D eigenvalue weighted by molar-refractivity contribution is -0.0980. The van der Waals surface area contributed by atoms with E-state index >= 15 is 0 Å². The van der Waals surface area contributed by atoms with Gasteiger partial charge in [-0.25, -0.2) is 4.79 Å². The number of ether oxygens (including phenoxy) is 3. The van der Waals surface area contributed by atoms with Crippen LogP contribution in [0.25, 0.3) is 0 Å². The van der Waals surface area contributed by atoms with Crippen molar-refractivity contribution in [1.29, 1.82) is 0 Å². The summed E-state index contributed by atoms with van der Waals surface area (Å²) in [6, 6.07) is 10.3. The molecule has 6 heteroatoms. The highest BCUT2D eigenvalue weighted by molar-refractivity contribution is 5.69. The Bertz CT molecular complexity index is 770. The first-order valence-corrected chi connectivity index (χ1v) is 14.9. The zero-order chi connectivity index (χ0) is 29.9. The van der Waals surface area contributed by atoms with E-state index in [0.717, 1.165) is 51.5 Å². The number of carbonyl (C=O) groups excluding carboxylic acids is 2. The number of rotatable bonds is 8. The molecule has 1 saturated carbocycles. The average molecular weight is 548 g/mol. The van der Waals surface area contributed by atoms with Gasteiger partial charge in [0.25, 0.3) is 0 Å². The van der Waals surface area contributed by atoms with E-state index < -0.39 is 5.60 Å². The SMILES string of the molecule is C=CCC1(C)CCCN(C(=O)OC(C)(C)C)C1COC1CCC(OCc2ccccc2)CC1.C=O.CC.CC. The van der Waals surface area contributed by atoms with Crippen LogP contribution >= 0.6 is 0 Å². The van der Waals surface area contributed by atoms with Crippen LogP contribution in [0.5, 0.6) is 0 Å². The first kappa shape index (κ1) is 36.8. The first-order chi connectivity index (χ1) is 18.7. The summed E-state index contributed by atoms with van der Waals surface area (Å²) in [6.45, 7) is 23.9. The average Bonchev–Trinajstić information content (AvgIpc) is 2.94. The Morgan fingerprint density at radius 1 is 1.00 bits per heavy atom. The summed E-state index contributed by atoms with van der Waals surface area (Å²) < 4.78 is 18.3. The number of allylic oxidation sites excluding steroid dienone is 1. The molecule has 39 heavy (non-hydrogen) atoms. The third kappa shape index (κ3) is 13.1. The van der Waals surface area contributed by atoms with Crippen LogP contribution in [0.15, 0.2) is 43.0 Å². The number of amides is 1. The Labute approximate surface area is 239 Å². The monoisotopic (exact) mass is 547 g/mol. The zero-order valence-corrected chi connectivity index (χ0v) is 26.2. The fraction of sp³-hybridized carbons (Fsp3) is 0.697. The quantitative estimate of drug-likeness (QED) is 0.306. The van der Waals surface area contributed by atoms with Crippen molar-refractivity contribution >= 4 is 12.9 Å². The van der Waals surface area contributed by atoms with Crippen LogP contribution in [-0.2, 0) is 25.6 Å². The molecule has 6 nitrogen and oxygen atoms in total. The molecule has 1 heterocycles. The maximum absolute atomic E-state index is 13.0. The summed E-state index contributed by atoms with van der Waals surface area (Å²) >= 11 is 0. The smallest absolute Gasteiger partial charge is 0.410 e. The molecule has 2 aliphatic rings. The van der Waals surface area contributed by atoms with Gasteiger partial charge in [0, 0.05) is 6.54 Å². The van der Waals surface area contributed by atoms with E-state index in [-0.39, 0.29) is 23.7 Å². The van der Waals surface area contributed by atoms with Crippen molar-refractivity contribution in [3.63, 3.8) is 0 Å². The second-order valence-corrected chi connectivity index (χ2v) is 11.0. The second-order valence-electron chi connectivity index (χ2n) is 11.0. The summed E-state index contributed by atoms with van der Waals surface area (Å²) in [5, 5.41) is 0. The maximum atomic E-state index is 13.0. The minimum absolute atomic E-state index is 0.00819. The summed E-state index contributed by atoms with van der Waals surface area (Å²) in [4.78, 5) is 22.9. The van der Waals surface area contributed by atoms with Crippen LogP contribution in [0.1, 0.15) is 106 Å². The molecule has 0 bridgehead atoms. The van der Waals surface area contributed by atoms with Gasteiger partial charge in [0.15, 0.2) is 0 Å². The largest absolute Gasteiger partial charge is 0.444 e. The van der Waals surface area contributed by atoms with Crippen LogP contribution in [0.3, 0.4) is 0 Å². The normalized spacial score (nSPS) is 24.4. The summed E-state index contributed by atoms with van der Waals surface area (Å²) in [6.07, 6.45) is 9.18. The number of hydrogen-bond donors (Lipinski definition) is 0. The van der Waals surface area contributed by atoms with Crippen LogP contribution in [0.4, 0.5) is 4.79 Å². The molecule has 1 aromatic rings. The van der Waals surface area contributed by atoms with Gasteiger partial charge in [-0.3, -0.25) is 0 Å².